The van der Waals surface area contributed by atoms with E-state index in [4.69, 9.17) is 0 Å². The number of carbonyl (C=O) groups is 2. The third kappa shape index (κ3) is 6.55. The van der Waals surface area contributed by atoms with Crippen LogP contribution in [0.1, 0.15) is 73.4 Å². The van der Waals surface area contributed by atoms with Crippen LogP contribution in [-0.4, -0.2) is 26.0 Å². The Morgan fingerprint density at radius 2 is 0.732 bits per heavy atom. The number of anilines is 9. The largest absolute Gasteiger partial charge is 0.312 e. The van der Waals surface area contributed by atoms with Crippen LogP contribution in [0.3, 0.4) is 0 Å². The zero-order chi connectivity index (χ0) is 48.5. The van der Waals surface area contributed by atoms with Crippen molar-refractivity contribution in [2.45, 2.75) is 52.4 Å². The fourth-order valence-electron chi connectivity index (χ4n) is 12.0. The zero-order valence-corrected chi connectivity index (χ0v) is 40.9. The van der Waals surface area contributed by atoms with Gasteiger partial charge in [0, 0.05) is 62.3 Å². The first-order chi connectivity index (χ1) is 34.4. The van der Waals surface area contributed by atoms with Gasteiger partial charge in [-0.3, -0.25) is 9.59 Å². The lowest BCUT2D eigenvalue weighted by Gasteiger charge is -2.50. The van der Waals surface area contributed by atoms with Crippen LogP contribution >= 0.6 is 0 Å². The van der Waals surface area contributed by atoms with Crippen LogP contribution in [0.15, 0.2) is 188 Å². The Balaban J connectivity index is 1.14. The Morgan fingerprint density at radius 1 is 0.352 bits per heavy atom. The highest BCUT2D eigenvalue weighted by molar-refractivity contribution is 7.04. The summed E-state index contributed by atoms with van der Waals surface area (Å²) in [5, 5.41) is 0. The minimum atomic E-state index is -0.117. The van der Waals surface area contributed by atoms with E-state index in [-0.39, 0.29) is 24.3 Å². The minimum absolute atomic E-state index is 0.00417. The maximum absolute atomic E-state index is 12.0. The Bertz CT molecular complexity index is 3650. The molecule has 0 aliphatic carbocycles. The molecule has 71 heavy (non-hydrogen) atoms. The van der Waals surface area contributed by atoms with Gasteiger partial charge in [0.1, 0.15) is 12.6 Å². The van der Waals surface area contributed by atoms with Gasteiger partial charge in [-0.2, -0.15) is 0 Å². The Morgan fingerprint density at radius 3 is 1.18 bits per heavy atom. The molecule has 4 aliphatic rings. The molecule has 13 rings (SSSR count). The van der Waals surface area contributed by atoms with Gasteiger partial charge < -0.3 is 14.7 Å². The molecule has 9 aromatic carbocycles. The highest BCUT2D eigenvalue weighted by Gasteiger charge is 2.50. The van der Waals surface area contributed by atoms with Crippen molar-refractivity contribution in [3.05, 3.63) is 210 Å². The van der Waals surface area contributed by atoms with Crippen molar-refractivity contribution in [2.24, 2.45) is 0 Å². The molecule has 7 heteroatoms. The maximum atomic E-state index is 12.0. The number of aldehydes is 2. The van der Waals surface area contributed by atoms with Gasteiger partial charge in [-0.05, 0) is 138 Å². The van der Waals surface area contributed by atoms with Crippen molar-refractivity contribution in [3.63, 3.8) is 0 Å². The van der Waals surface area contributed by atoms with Gasteiger partial charge in [0.2, 0.25) is 0 Å². The van der Waals surface area contributed by atoms with Crippen molar-refractivity contribution < 1.29 is 9.59 Å². The number of fused-ring (bicyclic) bond motifs is 8. The standard InChI is InChI=1S/C64H51B2N3O2/c1-63(2,3)46-26-30-48(31-27-46)67-54-14-9-7-12-50(54)65-52-34-44(42-22-18-40(38-70)19-23-42)35-53-62(52)69(57-17-11-16-56(67)60(57)65)59-37-45(43-24-20-41(39-71)21-25-43)36-58-61(59)66(53)51-13-8-10-15-55(51)68(58)49-32-28-47(29-33-49)64(4,5)6/h7-39H,1-6H3. The lowest BCUT2D eigenvalue weighted by molar-refractivity contribution is 0.111. The smallest absolute Gasteiger partial charge is 0.252 e. The third-order valence-electron chi connectivity index (χ3n) is 15.5. The summed E-state index contributed by atoms with van der Waals surface area (Å²) in [6.45, 7) is 13.4. The molecule has 4 aliphatic heterocycles. The monoisotopic (exact) mass is 915 g/mol. The van der Waals surface area contributed by atoms with Crippen molar-refractivity contribution in [1.29, 1.82) is 0 Å². The number of hydrogen-bond acceptors (Lipinski definition) is 5. The van der Waals surface area contributed by atoms with Crippen LogP contribution in [0.5, 0.6) is 0 Å². The van der Waals surface area contributed by atoms with Crippen molar-refractivity contribution in [1.82, 2.24) is 0 Å². The molecule has 0 bridgehead atoms. The van der Waals surface area contributed by atoms with E-state index in [0.717, 1.165) is 74.6 Å². The van der Waals surface area contributed by atoms with Crippen LogP contribution in [0.2, 0.25) is 0 Å². The SMILES string of the molecule is CC(C)(C)c1ccc(N2c3ccccc3B3c4cc(-c5ccc(C=O)cc5)cc5c4N(c4cccc2c43)c2cc(-c3ccc(C=O)cc3)cc3c2B5c2ccccc2N3c2ccc(C(C)(C)C)cc2)cc1. The van der Waals surface area contributed by atoms with E-state index < -0.39 is 0 Å². The second kappa shape index (κ2) is 15.7. The van der Waals surface area contributed by atoms with Gasteiger partial charge in [0.05, 0.1) is 0 Å². The van der Waals surface area contributed by atoms with Crippen molar-refractivity contribution in [3.8, 4) is 22.3 Å². The van der Waals surface area contributed by atoms with E-state index in [9.17, 15) is 9.59 Å². The summed E-state index contributed by atoms with van der Waals surface area (Å²) in [7, 11) is 0. The summed E-state index contributed by atoms with van der Waals surface area (Å²) < 4.78 is 0. The number of rotatable bonds is 6. The number of para-hydroxylation sites is 2. The van der Waals surface area contributed by atoms with E-state index in [0.29, 0.717) is 11.1 Å². The molecule has 0 spiro atoms. The highest BCUT2D eigenvalue weighted by Crippen LogP contribution is 2.49. The van der Waals surface area contributed by atoms with Gasteiger partial charge in [-0.15, -0.1) is 0 Å². The lowest BCUT2D eigenvalue weighted by atomic mass is 9.29. The van der Waals surface area contributed by atoms with Crippen LogP contribution in [0.25, 0.3) is 22.3 Å². The summed E-state index contributed by atoms with van der Waals surface area (Å²) >= 11 is 0. The molecule has 0 saturated heterocycles. The summed E-state index contributed by atoms with van der Waals surface area (Å²) in [6.07, 6.45) is 1.83. The first-order valence-electron chi connectivity index (χ1n) is 24.8. The van der Waals surface area contributed by atoms with E-state index in [1.165, 1.54) is 55.3 Å². The van der Waals surface area contributed by atoms with E-state index in [1.54, 1.807) is 0 Å². The summed E-state index contributed by atoms with van der Waals surface area (Å²) in [5.41, 5.74) is 26.0. The Kier molecular flexibility index (Phi) is 9.48. The summed E-state index contributed by atoms with van der Waals surface area (Å²) in [4.78, 5) is 31.5. The second-order valence-corrected chi connectivity index (χ2v) is 21.7. The van der Waals surface area contributed by atoms with Gasteiger partial charge in [0.25, 0.3) is 13.4 Å². The average Bonchev–Trinajstić information content (AvgIpc) is 3.39. The number of benzene rings is 9. The molecular formula is C64H51B2N3O2. The molecule has 5 nitrogen and oxygen atoms in total. The van der Waals surface area contributed by atoms with E-state index in [1.807, 2.05) is 24.3 Å². The second-order valence-electron chi connectivity index (χ2n) is 21.7. The minimum Gasteiger partial charge on any atom is -0.312 e. The van der Waals surface area contributed by atoms with Crippen molar-refractivity contribution >= 4 is 110 Å². The molecule has 4 heterocycles. The van der Waals surface area contributed by atoms with Crippen LogP contribution in [0.4, 0.5) is 51.2 Å². The van der Waals surface area contributed by atoms with Gasteiger partial charge in [0.15, 0.2) is 0 Å². The van der Waals surface area contributed by atoms with Gasteiger partial charge >= 0.3 is 0 Å². The predicted molar refractivity (Wildman–Crippen MR) is 299 cm³/mol. The first-order valence-corrected chi connectivity index (χ1v) is 24.8. The fourth-order valence-corrected chi connectivity index (χ4v) is 12.0. The number of nitrogens with zero attached hydrogens (tertiary/aromatic N) is 3. The van der Waals surface area contributed by atoms with E-state index >= 15 is 0 Å². The first kappa shape index (κ1) is 42.9. The van der Waals surface area contributed by atoms with Crippen LogP contribution in [-0.2, 0) is 10.8 Å². The molecule has 0 saturated carbocycles. The number of carbonyl (C=O) groups excluding carboxylic acids is 2. The predicted octanol–water partition coefficient (Wildman–Crippen LogP) is 11.9. The molecule has 0 unspecified atom stereocenters. The molecule has 340 valence electrons. The molecule has 0 radical (unpaired) electrons. The average molecular weight is 916 g/mol. The molecule has 0 atom stereocenters. The zero-order valence-electron chi connectivity index (χ0n) is 40.9. The molecule has 0 fully saturated rings. The van der Waals surface area contributed by atoms with Gasteiger partial charge in [-0.25, -0.2) is 0 Å². The molecule has 0 aromatic heterocycles. The topological polar surface area (TPSA) is 43.9 Å². The van der Waals surface area contributed by atoms with E-state index in [2.05, 4.69) is 220 Å². The summed E-state index contributed by atoms with van der Waals surface area (Å²) in [5.74, 6) is 0. The van der Waals surface area contributed by atoms with Crippen LogP contribution < -0.4 is 47.5 Å². The highest BCUT2D eigenvalue weighted by atomic mass is 16.1. The van der Waals surface area contributed by atoms with Crippen molar-refractivity contribution in [2.75, 3.05) is 14.7 Å². The molecule has 0 amide bonds. The normalized spacial score (nSPS) is 13.7. The lowest BCUT2D eigenvalue weighted by Crippen LogP contribution is -2.68. The Hall–Kier alpha value is -8.15. The number of hydrogen-bond donors (Lipinski definition) is 0. The maximum Gasteiger partial charge on any atom is 0.252 e. The molecular weight excluding hydrogens is 864 g/mol. The van der Waals surface area contributed by atoms with Gasteiger partial charge in [-0.1, -0.05) is 169 Å². The summed E-state index contributed by atoms with van der Waals surface area (Å²) in [6, 6.07) is 68.8. The van der Waals surface area contributed by atoms with Crippen LogP contribution in [0, 0.1) is 0 Å². The molecule has 0 N–H and O–H groups in total. The fraction of sp³-hybridized carbons (Fsp3) is 0.125. The Labute approximate surface area is 417 Å². The molecule has 9 aromatic rings. The third-order valence-corrected chi connectivity index (χ3v) is 15.5. The quantitative estimate of drug-likeness (QED) is 0.123.